The van der Waals surface area contributed by atoms with Gasteiger partial charge in [-0.05, 0) is 24.3 Å². The Labute approximate surface area is 79.6 Å². The van der Waals surface area contributed by atoms with E-state index in [0.717, 1.165) is 0 Å². The lowest BCUT2D eigenvalue weighted by atomic mass is 10.3. The van der Waals surface area contributed by atoms with Crippen LogP contribution >= 0.6 is 0 Å². The summed E-state index contributed by atoms with van der Waals surface area (Å²) in [5.41, 5.74) is 0. The fourth-order valence-electron chi connectivity index (χ4n) is 1.06. The van der Waals surface area contributed by atoms with Gasteiger partial charge >= 0.3 is 0 Å². The molecule has 2 aromatic rings. The van der Waals surface area contributed by atoms with Gasteiger partial charge in [0.2, 0.25) is 11.5 Å². The first-order valence-corrected chi connectivity index (χ1v) is 3.84. The Morgan fingerprint density at radius 1 is 0.786 bits per heavy atom. The highest BCUT2D eigenvalue weighted by molar-refractivity contribution is 5.52. The van der Waals surface area contributed by atoms with Crippen molar-refractivity contribution in [3.8, 4) is 23.7 Å². The predicted molar refractivity (Wildman–Crippen MR) is 45.8 cm³/mol. The third-order valence-electron chi connectivity index (χ3n) is 1.68. The average Bonchev–Trinajstić information content (AvgIpc) is 2.86. The predicted octanol–water partition coefficient (Wildman–Crippen LogP) is 2.28. The van der Waals surface area contributed by atoms with Gasteiger partial charge in [-0.2, -0.15) is 10.5 Å². The van der Waals surface area contributed by atoms with Crippen LogP contribution in [0.25, 0.3) is 11.5 Å². The Bertz CT molecular complexity index is 487. The lowest BCUT2D eigenvalue weighted by molar-refractivity contribution is 0.511. The maximum Gasteiger partial charge on any atom is 0.204 e. The van der Waals surface area contributed by atoms with E-state index in [1.165, 1.54) is 0 Å². The van der Waals surface area contributed by atoms with Crippen LogP contribution in [0.4, 0.5) is 0 Å². The molecule has 0 saturated heterocycles. The number of hydrogen-bond donors (Lipinski definition) is 0. The van der Waals surface area contributed by atoms with Crippen LogP contribution in [-0.2, 0) is 0 Å². The second-order valence-corrected chi connectivity index (χ2v) is 2.55. The van der Waals surface area contributed by atoms with Crippen molar-refractivity contribution in [3.05, 3.63) is 35.8 Å². The first-order valence-electron chi connectivity index (χ1n) is 3.84. The zero-order chi connectivity index (χ0) is 9.97. The fourth-order valence-corrected chi connectivity index (χ4v) is 1.06. The van der Waals surface area contributed by atoms with Crippen LogP contribution in [0.1, 0.15) is 11.5 Å². The van der Waals surface area contributed by atoms with Crippen LogP contribution in [-0.4, -0.2) is 0 Å². The quantitative estimate of drug-likeness (QED) is 0.681. The summed E-state index contributed by atoms with van der Waals surface area (Å²) in [5, 5.41) is 17.0. The van der Waals surface area contributed by atoms with Crippen LogP contribution in [0.2, 0.25) is 0 Å². The van der Waals surface area contributed by atoms with Crippen LogP contribution in [0.5, 0.6) is 0 Å². The molecule has 0 fully saturated rings. The van der Waals surface area contributed by atoms with Gasteiger partial charge in [0.1, 0.15) is 12.1 Å². The van der Waals surface area contributed by atoms with Crippen molar-refractivity contribution in [2.24, 2.45) is 0 Å². The van der Waals surface area contributed by atoms with Crippen molar-refractivity contribution in [1.82, 2.24) is 0 Å². The lowest BCUT2D eigenvalue weighted by Gasteiger charge is -1.86. The highest BCUT2D eigenvalue weighted by Gasteiger charge is 2.08. The Morgan fingerprint density at radius 2 is 1.21 bits per heavy atom. The summed E-state index contributed by atoms with van der Waals surface area (Å²) in [7, 11) is 0. The molecule has 0 aliphatic carbocycles. The van der Waals surface area contributed by atoms with Gasteiger partial charge < -0.3 is 8.83 Å². The van der Waals surface area contributed by atoms with Gasteiger partial charge in [-0.15, -0.1) is 0 Å². The first kappa shape index (κ1) is 8.15. The van der Waals surface area contributed by atoms with E-state index in [9.17, 15) is 0 Å². The lowest BCUT2D eigenvalue weighted by Crippen LogP contribution is -1.65. The third kappa shape index (κ3) is 1.26. The molecule has 0 atom stereocenters. The number of nitriles is 2. The van der Waals surface area contributed by atoms with E-state index in [-0.39, 0.29) is 11.5 Å². The molecular weight excluding hydrogens is 180 g/mol. The summed E-state index contributed by atoms with van der Waals surface area (Å²) in [6.45, 7) is 0. The zero-order valence-electron chi connectivity index (χ0n) is 7.02. The molecule has 2 heterocycles. The van der Waals surface area contributed by atoms with E-state index in [0.29, 0.717) is 11.5 Å². The number of rotatable bonds is 1. The molecule has 4 nitrogen and oxygen atoms in total. The summed E-state index contributed by atoms with van der Waals surface area (Å²) in [5.74, 6) is 1.33. The van der Waals surface area contributed by atoms with Gasteiger partial charge in [-0.1, -0.05) is 0 Å². The van der Waals surface area contributed by atoms with E-state index < -0.39 is 0 Å². The largest absolute Gasteiger partial charge is 0.442 e. The molecule has 0 unspecified atom stereocenters. The van der Waals surface area contributed by atoms with Crippen molar-refractivity contribution in [2.75, 3.05) is 0 Å². The SMILES string of the molecule is N#Cc1ccc(-c2ccc(C#N)o2)o1. The van der Waals surface area contributed by atoms with Crippen molar-refractivity contribution >= 4 is 0 Å². The molecule has 0 amide bonds. The monoisotopic (exact) mass is 184 g/mol. The van der Waals surface area contributed by atoms with Crippen LogP contribution < -0.4 is 0 Å². The van der Waals surface area contributed by atoms with Gasteiger partial charge in [-0.25, -0.2) is 0 Å². The van der Waals surface area contributed by atoms with E-state index in [1.807, 2.05) is 12.1 Å². The smallest absolute Gasteiger partial charge is 0.204 e. The van der Waals surface area contributed by atoms with Crippen LogP contribution in [0.15, 0.2) is 33.1 Å². The van der Waals surface area contributed by atoms with Gasteiger partial charge in [0.25, 0.3) is 0 Å². The summed E-state index contributed by atoms with van der Waals surface area (Å²) in [6, 6.07) is 10.1. The zero-order valence-corrected chi connectivity index (χ0v) is 7.02. The van der Waals surface area contributed by atoms with Crippen LogP contribution in [0, 0.1) is 22.7 Å². The topological polar surface area (TPSA) is 73.9 Å². The third-order valence-corrected chi connectivity index (χ3v) is 1.68. The van der Waals surface area contributed by atoms with E-state index in [2.05, 4.69) is 0 Å². The Kier molecular flexibility index (Phi) is 1.82. The highest BCUT2D eigenvalue weighted by Crippen LogP contribution is 2.23. The van der Waals surface area contributed by atoms with Gasteiger partial charge in [-0.3, -0.25) is 0 Å². The van der Waals surface area contributed by atoms with Gasteiger partial charge in [0.05, 0.1) is 0 Å². The molecule has 0 aliphatic heterocycles. The molecule has 0 aromatic carbocycles. The van der Waals surface area contributed by atoms with Gasteiger partial charge in [0.15, 0.2) is 11.5 Å². The van der Waals surface area contributed by atoms with Crippen molar-refractivity contribution in [1.29, 1.82) is 10.5 Å². The Balaban J connectivity index is 2.41. The molecule has 4 heteroatoms. The standard InChI is InChI=1S/C10H4N2O2/c11-5-7-1-3-9(13-7)10-4-2-8(6-12)14-10/h1-4H. The average molecular weight is 184 g/mol. The fraction of sp³-hybridized carbons (Fsp3) is 0. The molecule has 0 bridgehead atoms. The summed E-state index contributed by atoms with van der Waals surface area (Å²) in [6.07, 6.45) is 0. The maximum absolute atomic E-state index is 8.52. The minimum absolute atomic E-state index is 0.218. The molecule has 0 aliphatic rings. The molecular formula is C10H4N2O2. The summed E-state index contributed by atoms with van der Waals surface area (Å²) >= 11 is 0. The Hall–Kier alpha value is -2.46. The van der Waals surface area contributed by atoms with E-state index >= 15 is 0 Å². The van der Waals surface area contributed by atoms with Crippen molar-refractivity contribution < 1.29 is 8.83 Å². The van der Waals surface area contributed by atoms with Gasteiger partial charge in [0, 0.05) is 0 Å². The minimum atomic E-state index is 0.218. The molecule has 0 radical (unpaired) electrons. The van der Waals surface area contributed by atoms with E-state index in [4.69, 9.17) is 19.4 Å². The molecule has 14 heavy (non-hydrogen) atoms. The van der Waals surface area contributed by atoms with Crippen molar-refractivity contribution in [2.45, 2.75) is 0 Å². The molecule has 0 saturated carbocycles. The second-order valence-electron chi connectivity index (χ2n) is 2.55. The first-order chi connectivity index (χ1) is 6.83. The molecule has 66 valence electrons. The minimum Gasteiger partial charge on any atom is -0.442 e. The maximum atomic E-state index is 8.52. The molecule has 0 N–H and O–H groups in total. The highest BCUT2D eigenvalue weighted by atomic mass is 16.4. The van der Waals surface area contributed by atoms with Crippen LogP contribution in [0.3, 0.4) is 0 Å². The second kappa shape index (κ2) is 3.12. The summed E-state index contributed by atoms with van der Waals surface area (Å²) in [4.78, 5) is 0. The normalized spacial score (nSPS) is 9.29. The molecule has 2 aromatic heterocycles. The number of furan rings is 2. The summed E-state index contributed by atoms with van der Waals surface area (Å²) < 4.78 is 10.2. The molecule has 2 rings (SSSR count). The molecule has 0 spiro atoms. The number of nitrogens with zero attached hydrogens (tertiary/aromatic N) is 2. The van der Waals surface area contributed by atoms with Crippen molar-refractivity contribution in [3.63, 3.8) is 0 Å². The van der Waals surface area contributed by atoms with E-state index in [1.54, 1.807) is 24.3 Å². The Morgan fingerprint density at radius 3 is 1.50 bits per heavy atom. The number of hydrogen-bond acceptors (Lipinski definition) is 4.